The van der Waals surface area contributed by atoms with Crippen molar-refractivity contribution >= 4 is 6.09 Å². The van der Waals surface area contributed by atoms with E-state index in [1.54, 1.807) is 0 Å². The molecule has 0 aliphatic carbocycles. The molecule has 0 unspecified atom stereocenters. The Morgan fingerprint density at radius 1 is 1.40 bits per heavy atom. The summed E-state index contributed by atoms with van der Waals surface area (Å²) in [5.74, 6) is 0. The molecule has 86 valence electrons. The number of ether oxygens (including phenoxy) is 1. The molecule has 2 aliphatic heterocycles. The van der Waals surface area contributed by atoms with Crippen LogP contribution in [0.2, 0.25) is 0 Å². The summed E-state index contributed by atoms with van der Waals surface area (Å²) in [6.07, 6.45) is 3.84. The number of nitrogens with zero attached hydrogens (tertiary/aromatic N) is 1. The Morgan fingerprint density at radius 3 is 2.73 bits per heavy atom. The third-order valence-corrected chi connectivity index (χ3v) is 3.41. The van der Waals surface area contributed by atoms with Gasteiger partial charge in [-0.2, -0.15) is 0 Å². The zero-order chi connectivity index (χ0) is 10.7. The lowest BCUT2D eigenvalue weighted by atomic mass is 9.87. The molecule has 1 spiro atoms. The topological polar surface area (TPSA) is 41.6 Å². The molecule has 0 aromatic rings. The van der Waals surface area contributed by atoms with Crippen molar-refractivity contribution < 1.29 is 9.53 Å². The molecule has 2 fully saturated rings. The van der Waals surface area contributed by atoms with Crippen LogP contribution in [0.1, 0.15) is 32.6 Å². The Hall–Kier alpha value is -0.770. The largest absolute Gasteiger partial charge is 0.443 e. The van der Waals surface area contributed by atoms with Crippen molar-refractivity contribution in [2.45, 2.75) is 38.2 Å². The van der Waals surface area contributed by atoms with E-state index in [4.69, 9.17) is 4.74 Å². The van der Waals surface area contributed by atoms with Crippen LogP contribution in [-0.4, -0.2) is 42.8 Å². The van der Waals surface area contributed by atoms with Crippen LogP contribution in [0, 0.1) is 0 Å². The molecule has 0 bridgehead atoms. The van der Waals surface area contributed by atoms with Gasteiger partial charge in [-0.1, -0.05) is 6.92 Å². The average Bonchev–Trinajstić information content (AvgIpc) is 2.24. The Bertz CT molecular complexity index is 237. The van der Waals surface area contributed by atoms with Gasteiger partial charge < -0.3 is 15.0 Å². The quantitative estimate of drug-likeness (QED) is 0.751. The molecular formula is C11H20N2O2. The van der Waals surface area contributed by atoms with Crippen LogP contribution in [0.25, 0.3) is 0 Å². The van der Waals surface area contributed by atoms with E-state index < -0.39 is 0 Å². The summed E-state index contributed by atoms with van der Waals surface area (Å²) in [6, 6.07) is 0. The van der Waals surface area contributed by atoms with Gasteiger partial charge in [0.2, 0.25) is 0 Å². The van der Waals surface area contributed by atoms with Crippen molar-refractivity contribution in [3.05, 3.63) is 0 Å². The molecule has 0 aromatic heterocycles. The van der Waals surface area contributed by atoms with Crippen LogP contribution in [0.4, 0.5) is 4.79 Å². The molecule has 4 nitrogen and oxygen atoms in total. The highest BCUT2D eigenvalue weighted by Gasteiger charge is 2.40. The molecular weight excluding hydrogens is 192 g/mol. The Morgan fingerprint density at radius 2 is 2.13 bits per heavy atom. The summed E-state index contributed by atoms with van der Waals surface area (Å²) in [6.45, 7) is 5.73. The molecule has 0 atom stereocenters. The molecule has 2 aliphatic rings. The van der Waals surface area contributed by atoms with E-state index in [9.17, 15) is 4.79 Å². The van der Waals surface area contributed by atoms with E-state index in [0.29, 0.717) is 0 Å². The van der Waals surface area contributed by atoms with Crippen LogP contribution in [0.15, 0.2) is 0 Å². The second kappa shape index (κ2) is 4.39. The summed E-state index contributed by atoms with van der Waals surface area (Å²) >= 11 is 0. The molecule has 0 aromatic carbocycles. The fourth-order valence-corrected chi connectivity index (χ4v) is 2.44. The molecule has 0 radical (unpaired) electrons. The summed E-state index contributed by atoms with van der Waals surface area (Å²) in [4.78, 5) is 13.6. The second-order valence-electron chi connectivity index (χ2n) is 4.54. The van der Waals surface area contributed by atoms with Crippen molar-refractivity contribution in [2.24, 2.45) is 0 Å². The standard InChI is InChI=1S/C11H20N2O2/c1-2-8-13-9-5-11(15-10(13)14)3-6-12-7-4-11/h12H,2-9H2,1H3. The highest BCUT2D eigenvalue weighted by atomic mass is 16.6. The lowest BCUT2D eigenvalue weighted by Gasteiger charge is -2.43. The number of piperidine rings is 1. The zero-order valence-electron chi connectivity index (χ0n) is 9.42. The highest BCUT2D eigenvalue weighted by Crippen LogP contribution is 2.31. The first-order valence-electron chi connectivity index (χ1n) is 5.94. The van der Waals surface area contributed by atoms with Crippen LogP contribution in [-0.2, 0) is 4.74 Å². The second-order valence-corrected chi connectivity index (χ2v) is 4.54. The molecule has 2 rings (SSSR count). The minimum Gasteiger partial charge on any atom is -0.443 e. The van der Waals surface area contributed by atoms with Gasteiger partial charge in [-0.25, -0.2) is 4.79 Å². The maximum atomic E-state index is 11.7. The first-order valence-corrected chi connectivity index (χ1v) is 5.94. The number of amides is 1. The summed E-state index contributed by atoms with van der Waals surface area (Å²) in [5.41, 5.74) is -0.146. The summed E-state index contributed by atoms with van der Waals surface area (Å²) < 4.78 is 5.63. The predicted molar refractivity (Wildman–Crippen MR) is 57.8 cm³/mol. The highest BCUT2D eigenvalue weighted by molar-refractivity contribution is 5.69. The number of carbonyl (C=O) groups excluding carboxylic acids is 1. The smallest absolute Gasteiger partial charge is 0.410 e. The van der Waals surface area contributed by atoms with Crippen LogP contribution >= 0.6 is 0 Å². The molecule has 4 heteroatoms. The Kier molecular flexibility index (Phi) is 3.14. The maximum absolute atomic E-state index is 11.7. The molecule has 2 saturated heterocycles. The van der Waals surface area contributed by atoms with Gasteiger partial charge in [0, 0.05) is 19.5 Å². The van der Waals surface area contributed by atoms with Gasteiger partial charge in [0.25, 0.3) is 0 Å². The summed E-state index contributed by atoms with van der Waals surface area (Å²) in [5, 5.41) is 3.30. The van der Waals surface area contributed by atoms with Gasteiger partial charge >= 0.3 is 6.09 Å². The fourth-order valence-electron chi connectivity index (χ4n) is 2.44. The zero-order valence-corrected chi connectivity index (χ0v) is 9.42. The Balaban J connectivity index is 1.94. The normalized spacial score (nSPS) is 25.4. The van der Waals surface area contributed by atoms with Crippen LogP contribution in [0.3, 0.4) is 0 Å². The monoisotopic (exact) mass is 212 g/mol. The van der Waals surface area contributed by atoms with E-state index in [-0.39, 0.29) is 11.7 Å². The molecule has 0 saturated carbocycles. The molecule has 1 amide bonds. The molecule has 15 heavy (non-hydrogen) atoms. The molecule has 2 heterocycles. The van der Waals surface area contributed by atoms with Gasteiger partial charge in [0.05, 0.1) is 0 Å². The third-order valence-electron chi connectivity index (χ3n) is 3.41. The number of nitrogens with one attached hydrogen (secondary N) is 1. The number of carbonyl (C=O) groups is 1. The molecule has 1 N–H and O–H groups in total. The minimum atomic E-state index is -0.146. The predicted octanol–water partition coefficient (Wildman–Crippen LogP) is 1.36. The van der Waals surface area contributed by atoms with Crippen LogP contribution < -0.4 is 5.32 Å². The third kappa shape index (κ3) is 2.25. The number of hydrogen-bond donors (Lipinski definition) is 1. The Labute approximate surface area is 91.0 Å². The van der Waals surface area contributed by atoms with E-state index in [0.717, 1.165) is 51.9 Å². The van der Waals surface area contributed by atoms with Crippen LogP contribution in [0.5, 0.6) is 0 Å². The number of rotatable bonds is 2. The van der Waals surface area contributed by atoms with E-state index >= 15 is 0 Å². The first kappa shape index (κ1) is 10.7. The minimum absolute atomic E-state index is 0.106. The SMILES string of the molecule is CCCN1CCC2(CCNCC2)OC1=O. The van der Waals surface area contributed by atoms with Crippen molar-refractivity contribution in [3.8, 4) is 0 Å². The van der Waals surface area contributed by atoms with Gasteiger partial charge in [-0.15, -0.1) is 0 Å². The van der Waals surface area contributed by atoms with E-state index in [2.05, 4.69) is 12.2 Å². The fraction of sp³-hybridized carbons (Fsp3) is 0.909. The van der Waals surface area contributed by atoms with Gasteiger partial charge in [-0.05, 0) is 32.4 Å². The van der Waals surface area contributed by atoms with Crippen molar-refractivity contribution in [1.29, 1.82) is 0 Å². The van der Waals surface area contributed by atoms with E-state index in [1.807, 2.05) is 4.90 Å². The average molecular weight is 212 g/mol. The van der Waals surface area contributed by atoms with Crippen molar-refractivity contribution in [3.63, 3.8) is 0 Å². The van der Waals surface area contributed by atoms with Gasteiger partial charge in [0.1, 0.15) is 5.60 Å². The lowest BCUT2D eigenvalue weighted by Crippen LogP contribution is -2.53. The number of hydrogen-bond acceptors (Lipinski definition) is 3. The van der Waals surface area contributed by atoms with Crippen molar-refractivity contribution in [1.82, 2.24) is 10.2 Å². The first-order chi connectivity index (χ1) is 7.26. The summed E-state index contributed by atoms with van der Waals surface area (Å²) in [7, 11) is 0. The van der Waals surface area contributed by atoms with Gasteiger partial charge in [-0.3, -0.25) is 0 Å². The van der Waals surface area contributed by atoms with E-state index in [1.165, 1.54) is 0 Å². The van der Waals surface area contributed by atoms with Crippen molar-refractivity contribution in [2.75, 3.05) is 26.2 Å². The van der Waals surface area contributed by atoms with Gasteiger partial charge in [0.15, 0.2) is 0 Å². The lowest BCUT2D eigenvalue weighted by molar-refractivity contribution is -0.0646. The maximum Gasteiger partial charge on any atom is 0.410 e.